The van der Waals surface area contributed by atoms with Gasteiger partial charge in [0.25, 0.3) is 0 Å². The normalized spacial score (nSPS) is 11.6. The van der Waals surface area contributed by atoms with Crippen LogP contribution in [-0.4, -0.2) is 19.0 Å². The topological polar surface area (TPSA) is 65.7 Å². The number of rotatable bonds is 5. The highest BCUT2D eigenvalue weighted by Crippen LogP contribution is 2.29. The maximum Gasteiger partial charge on any atom is 0.416 e. The molecule has 0 radical (unpaired) electrons. The van der Waals surface area contributed by atoms with E-state index in [2.05, 4.69) is 4.74 Å². The lowest BCUT2D eigenvalue weighted by atomic mass is 10.1. The van der Waals surface area contributed by atoms with Crippen LogP contribution in [0.1, 0.15) is 33.0 Å². The summed E-state index contributed by atoms with van der Waals surface area (Å²) in [4.78, 5) is 23.2. The van der Waals surface area contributed by atoms with Gasteiger partial charge < -0.3 is 13.9 Å². The molecule has 0 spiro atoms. The summed E-state index contributed by atoms with van der Waals surface area (Å²) in [6.45, 7) is 1.33. The summed E-state index contributed by atoms with van der Waals surface area (Å²) in [5, 5.41) is 0. The molecule has 0 aliphatic rings. The summed E-state index contributed by atoms with van der Waals surface area (Å²) in [7, 11) is 1.23. The highest BCUT2D eigenvalue weighted by atomic mass is 19.4. The van der Waals surface area contributed by atoms with Crippen molar-refractivity contribution in [3.63, 3.8) is 0 Å². The highest BCUT2D eigenvalue weighted by Gasteiger charge is 2.30. The van der Waals surface area contributed by atoms with Gasteiger partial charge in [-0.05, 0) is 36.8 Å². The van der Waals surface area contributed by atoms with Gasteiger partial charge in [-0.15, -0.1) is 0 Å². The zero-order chi connectivity index (χ0) is 19.3. The Morgan fingerprint density at radius 3 is 2.62 bits per heavy atom. The van der Waals surface area contributed by atoms with Gasteiger partial charge >= 0.3 is 18.1 Å². The molecule has 0 fully saturated rings. The second-order valence-electron chi connectivity index (χ2n) is 5.24. The Hall–Kier alpha value is -3.03. The number of methoxy groups -OCH3 is 1. The zero-order valence-electron chi connectivity index (χ0n) is 13.9. The molecule has 0 aliphatic carbocycles. The van der Waals surface area contributed by atoms with E-state index in [9.17, 15) is 22.8 Å². The predicted octanol–water partition coefficient (Wildman–Crippen LogP) is 4.15. The quantitative estimate of drug-likeness (QED) is 0.586. The third-order valence-corrected chi connectivity index (χ3v) is 3.36. The predicted molar refractivity (Wildman–Crippen MR) is 85.1 cm³/mol. The Labute approximate surface area is 147 Å². The first-order valence-corrected chi connectivity index (χ1v) is 7.40. The molecular weight excluding hydrogens is 353 g/mol. The first kappa shape index (κ1) is 19.3. The number of esters is 2. The molecule has 0 atom stereocenters. The van der Waals surface area contributed by atoms with E-state index < -0.39 is 23.7 Å². The van der Waals surface area contributed by atoms with E-state index in [1.165, 1.54) is 31.4 Å². The van der Waals surface area contributed by atoms with Crippen molar-refractivity contribution in [1.82, 2.24) is 0 Å². The van der Waals surface area contributed by atoms with E-state index in [1.54, 1.807) is 6.92 Å². The van der Waals surface area contributed by atoms with E-state index in [1.807, 2.05) is 0 Å². The van der Waals surface area contributed by atoms with E-state index >= 15 is 0 Å². The van der Waals surface area contributed by atoms with Gasteiger partial charge in [0.1, 0.15) is 23.7 Å². The molecule has 0 bridgehead atoms. The molecule has 5 nitrogen and oxygen atoms in total. The summed E-state index contributed by atoms with van der Waals surface area (Å²) >= 11 is 0. The molecule has 0 amide bonds. The van der Waals surface area contributed by atoms with Gasteiger partial charge in [0.2, 0.25) is 0 Å². The molecule has 26 heavy (non-hydrogen) atoms. The van der Waals surface area contributed by atoms with Crippen LogP contribution in [0, 0.1) is 6.92 Å². The Bertz CT molecular complexity index is 834. The first-order valence-electron chi connectivity index (χ1n) is 7.40. The van der Waals surface area contributed by atoms with E-state index in [0.29, 0.717) is 5.76 Å². The summed E-state index contributed by atoms with van der Waals surface area (Å²) in [6, 6.07) is 5.92. The van der Waals surface area contributed by atoms with Crippen LogP contribution in [0.2, 0.25) is 0 Å². The Kier molecular flexibility index (Phi) is 5.86. The largest absolute Gasteiger partial charge is 0.465 e. The monoisotopic (exact) mass is 368 g/mol. The molecule has 0 unspecified atom stereocenters. The van der Waals surface area contributed by atoms with E-state index in [-0.39, 0.29) is 23.5 Å². The lowest BCUT2D eigenvalue weighted by Gasteiger charge is -2.06. The molecule has 0 saturated carbocycles. The number of aryl methyl sites for hydroxylation is 1. The fourth-order valence-electron chi connectivity index (χ4n) is 2.10. The SMILES string of the molecule is COC(=O)c1cc(COC(=O)/C=C/c2cccc(C(F)(F)F)c2)oc1C. The van der Waals surface area contributed by atoms with Gasteiger partial charge in [0.05, 0.1) is 12.7 Å². The number of furan rings is 1. The Morgan fingerprint density at radius 2 is 1.96 bits per heavy atom. The summed E-state index contributed by atoms with van der Waals surface area (Å²) < 4.78 is 52.7. The fraction of sp³-hybridized carbons (Fsp3) is 0.222. The number of hydrogen-bond donors (Lipinski definition) is 0. The van der Waals surface area contributed by atoms with Crippen molar-refractivity contribution in [3.05, 3.63) is 64.6 Å². The Morgan fingerprint density at radius 1 is 1.23 bits per heavy atom. The Balaban J connectivity index is 1.97. The number of halogens is 3. The van der Waals surface area contributed by atoms with Crippen molar-refractivity contribution in [2.75, 3.05) is 7.11 Å². The smallest absolute Gasteiger partial charge is 0.416 e. The van der Waals surface area contributed by atoms with Crippen LogP contribution in [0.4, 0.5) is 13.2 Å². The minimum absolute atomic E-state index is 0.207. The zero-order valence-corrected chi connectivity index (χ0v) is 13.9. The maximum atomic E-state index is 12.6. The molecule has 0 aliphatic heterocycles. The molecule has 2 aromatic rings. The van der Waals surface area contributed by atoms with Crippen molar-refractivity contribution in [3.8, 4) is 0 Å². The lowest BCUT2D eigenvalue weighted by Crippen LogP contribution is -2.04. The number of hydrogen-bond acceptors (Lipinski definition) is 5. The minimum atomic E-state index is -4.46. The van der Waals surface area contributed by atoms with Crippen molar-refractivity contribution in [2.45, 2.75) is 19.7 Å². The van der Waals surface area contributed by atoms with E-state index in [0.717, 1.165) is 18.2 Å². The van der Waals surface area contributed by atoms with Gasteiger partial charge in [-0.25, -0.2) is 9.59 Å². The maximum absolute atomic E-state index is 12.6. The van der Waals surface area contributed by atoms with Crippen molar-refractivity contribution in [1.29, 1.82) is 0 Å². The molecule has 138 valence electrons. The number of carbonyl (C=O) groups is 2. The van der Waals surface area contributed by atoms with Crippen molar-refractivity contribution < 1.29 is 36.7 Å². The van der Waals surface area contributed by atoms with Gasteiger partial charge in [-0.2, -0.15) is 13.2 Å². The third-order valence-electron chi connectivity index (χ3n) is 3.36. The van der Waals surface area contributed by atoms with Gasteiger partial charge in [-0.1, -0.05) is 12.1 Å². The van der Waals surface area contributed by atoms with Crippen LogP contribution in [0.25, 0.3) is 6.08 Å². The second-order valence-corrected chi connectivity index (χ2v) is 5.24. The molecule has 2 rings (SSSR count). The number of benzene rings is 1. The van der Waals surface area contributed by atoms with Crippen LogP contribution in [-0.2, 0) is 27.1 Å². The molecule has 1 aromatic heterocycles. The summed E-state index contributed by atoms with van der Waals surface area (Å²) in [6.07, 6.45) is -2.24. The van der Waals surface area contributed by atoms with Gasteiger partial charge in [0.15, 0.2) is 0 Å². The summed E-state index contributed by atoms with van der Waals surface area (Å²) in [5.41, 5.74) is -0.383. The van der Waals surface area contributed by atoms with Crippen LogP contribution in [0.5, 0.6) is 0 Å². The standard InChI is InChI=1S/C18H15F3O5/c1-11-15(17(23)24-2)9-14(26-11)10-25-16(22)7-6-12-4-3-5-13(8-12)18(19,20)21/h3-9H,10H2,1-2H3/b7-6+. The van der Waals surface area contributed by atoms with E-state index in [4.69, 9.17) is 9.15 Å². The average Bonchev–Trinajstić information content (AvgIpc) is 2.97. The van der Waals surface area contributed by atoms with Crippen LogP contribution in [0.3, 0.4) is 0 Å². The molecule has 0 saturated heterocycles. The first-order chi connectivity index (χ1) is 12.2. The highest BCUT2D eigenvalue weighted by molar-refractivity contribution is 5.90. The fourth-order valence-corrected chi connectivity index (χ4v) is 2.10. The minimum Gasteiger partial charge on any atom is -0.465 e. The molecule has 0 N–H and O–H groups in total. The van der Waals surface area contributed by atoms with Crippen molar-refractivity contribution >= 4 is 18.0 Å². The molecule has 1 aromatic carbocycles. The number of ether oxygens (including phenoxy) is 2. The van der Waals surface area contributed by atoms with Crippen LogP contribution in [0.15, 0.2) is 40.8 Å². The third kappa shape index (κ3) is 4.98. The lowest BCUT2D eigenvalue weighted by molar-refractivity contribution is -0.139. The van der Waals surface area contributed by atoms with Crippen LogP contribution >= 0.6 is 0 Å². The molecular formula is C18H15F3O5. The molecule has 1 heterocycles. The van der Waals surface area contributed by atoms with Crippen LogP contribution < -0.4 is 0 Å². The average molecular weight is 368 g/mol. The van der Waals surface area contributed by atoms with Gasteiger partial charge in [0, 0.05) is 6.08 Å². The second kappa shape index (κ2) is 7.90. The van der Waals surface area contributed by atoms with Crippen molar-refractivity contribution in [2.24, 2.45) is 0 Å². The number of alkyl halides is 3. The summed E-state index contributed by atoms with van der Waals surface area (Å²) in [5.74, 6) is -0.782. The number of carbonyl (C=O) groups excluding carboxylic acids is 2. The molecule has 8 heteroatoms. The van der Waals surface area contributed by atoms with Gasteiger partial charge in [-0.3, -0.25) is 0 Å².